The maximum absolute atomic E-state index is 13.1. The first-order chi connectivity index (χ1) is 16.4. The van der Waals surface area contributed by atoms with Crippen LogP contribution in [0.4, 0.5) is 5.82 Å². The number of hydrogen-bond donors (Lipinski definition) is 0. The molecule has 2 fully saturated rings. The van der Waals surface area contributed by atoms with E-state index in [4.69, 9.17) is 4.74 Å². The van der Waals surface area contributed by atoms with Crippen LogP contribution in [-0.4, -0.2) is 74.4 Å². The number of carbonyl (C=O) groups is 1. The Morgan fingerprint density at radius 3 is 2.38 bits per heavy atom. The first-order valence-corrected chi connectivity index (χ1v) is 13.0. The molecule has 2 aromatic rings. The molecule has 0 radical (unpaired) electrons. The molecule has 4 rings (SSSR count). The summed E-state index contributed by atoms with van der Waals surface area (Å²) in [6, 6.07) is 12.1. The summed E-state index contributed by atoms with van der Waals surface area (Å²) in [6.45, 7) is 5.39. The number of hydrogen-bond acceptors (Lipinski definition) is 7. The maximum atomic E-state index is 13.1. The van der Waals surface area contributed by atoms with E-state index in [0.29, 0.717) is 75.8 Å². The zero-order valence-corrected chi connectivity index (χ0v) is 20.1. The number of rotatable bonds is 6. The van der Waals surface area contributed by atoms with Crippen LogP contribution in [0.1, 0.15) is 25.3 Å². The molecule has 2 aliphatic rings. The Labute approximate surface area is 200 Å². The molecule has 180 valence electrons. The predicted octanol–water partition coefficient (Wildman–Crippen LogP) is 2.10. The number of anilines is 1. The Hall–Kier alpha value is -3.16. The second-order valence-electron chi connectivity index (χ2n) is 8.38. The molecule has 1 aromatic heterocycles. The molecule has 0 unspecified atom stereocenters. The highest BCUT2D eigenvalue weighted by molar-refractivity contribution is 7.89. The van der Waals surface area contributed by atoms with Crippen LogP contribution in [-0.2, 0) is 14.8 Å². The van der Waals surface area contributed by atoms with Crippen molar-refractivity contribution in [2.24, 2.45) is 5.92 Å². The van der Waals surface area contributed by atoms with Crippen molar-refractivity contribution in [2.75, 3.05) is 50.8 Å². The van der Waals surface area contributed by atoms with Crippen LogP contribution in [0.3, 0.4) is 0 Å². The molecule has 34 heavy (non-hydrogen) atoms. The monoisotopic (exact) mass is 483 g/mol. The van der Waals surface area contributed by atoms with E-state index in [-0.39, 0.29) is 16.7 Å². The Balaban J connectivity index is 1.31. The second kappa shape index (κ2) is 10.4. The van der Waals surface area contributed by atoms with Gasteiger partial charge < -0.3 is 14.5 Å². The van der Waals surface area contributed by atoms with Gasteiger partial charge in [0, 0.05) is 51.4 Å². The quantitative estimate of drug-likeness (QED) is 0.619. The van der Waals surface area contributed by atoms with Crippen molar-refractivity contribution >= 4 is 21.7 Å². The summed E-state index contributed by atoms with van der Waals surface area (Å²) in [6.07, 6.45) is 2.69. The van der Waals surface area contributed by atoms with Crippen molar-refractivity contribution in [3.8, 4) is 11.8 Å². The Morgan fingerprint density at radius 1 is 1.09 bits per heavy atom. The lowest BCUT2D eigenvalue weighted by Crippen LogP contribution is -2.52. The highest BCUT2D eigenvalue weighted by Gasteiger charge is 2.35. The molecule has 10 heteroatoms. The van der Waals surface area contributed by atoms with Gasteiger partial charge in [0.1, 0.15) is 17.6 Å². The van der Waals surface area contributed by atoms with Gasteiger partial charge in [-0.3, -0.25) is 4.79 Å². The van der Waals surface area contributed by atoms with Gasteiger partial charge in [0.05, 0.1) is 17.1 Å². The minimum Gasteiger partial charge on any atom is -0.494 e. The summed E-state index contributed by atoms with van der Waals surface area (Å²) in [5.41, 5.74) is 0.531. The summed E-state index contributed by atoms with van der Waals surface area (Å²) in [5, 5.41) is 9.31. The summed E-state index contributed by atoms with van der Waals surface area (Å²) >= 11 is 0. The van der Waals surface area contributed by atoms with Gasteiger partial charge in [-0.2, -0.15) is 9.57 Å². The van der Waals surface area contributed by atoms with Crippen molar-refractivity contribution in [3.05, 3.63) is 48.2 Å². The lowest BCUT2D eigenvalue weighted by molar-refractivity contribution is -0.137. The number of pyridine rings is 1. The van der Waals surface area contributed by atoms with Gasteiger partial charge in [-0.05, 0) is 56.2 Å². The average molecular weight is 484 g/mol. The van der Waals surface area contributed by atoms with Crippen molar-refractivity contribution in [2.45, 2.75) is 24.7 Å². The van der Waals surface area contributed by atoms with Gasteiger partial charge >= 0.3 is 0 Å². The van der Waals surface area contributed by atoms with Crippen molar-refractivity contribution < 1.29 is 17.9 Å². The fraction of sp³-hybridized carbons (Fsp3) is 0.458. The average Bonchev–Trinajstić information content (AvgIpc) is 2.89. The lowest BCUT2D eigenvalue weighted by Gasteiger charge is -2.38. The molecule has 9 nitrogen and oxygen atoms in total. The maximum Gasteiger partial charge on any atom is 0.243 e. The van der Waals surface area contributed by atoms with E-state index >= 15 is 0 Å². The molecule has 1 aromatic carbocycles. The summed E-state index contributed by atoms with van der Waals surface area (Å²) < 4.78 is 32.9. The third-order valence-electron chi connectivity index (χ3n) is 6.37. The fourth-order valence-corrected chi connectivity index (χ4v) is 5.97. The number of piperazine rings is 1. The van der Waals surface area contributed by atoms with Crippen molar-refractivity contribution in [1.82, 2.24) is 14.2 Å². The van der Waals surface area contributed by atoms with Crippen LogP contribution < -0.4 is 9.64 Å². The Morgan fingerprint density at radius 2 is 1.76 bits per heavy atom. The first kappa shape index (κ1) is 24.0. The fourth-order valence-electron chi connectivity index (χ4n) is 4.50. The third-order valence-corrected chi connectivity index (χ3v) is 8.29. The number of aromatic nitrogens is 1. The Kier molecular flexibility index (Phi) is 7.34. The summed E-state index contributed by atoms with van der Waals surface area (Å²) in [7, 11) is -3.60. The molecule has 0 aliphatic carbocycles. The van der Waals surface area contributed by atoms with Gasteiger partial charge in [0.2, 0.25) is 15.9 Å². The van der Waals surface area contributed by atoms with Crippen LogP contribution in [0, 0.1) is 17.2 Å². The van der Waals surface area contributed by atoms with Gasteiger partial charge in [-0.25, -0.2) is 13.4 Å². The number of piperidine rings is 1. The Bertz CT molecular complexity index is 1150. The van der Waals surface area contributed by atoms with Crippen LogP contribution in [0.2, 0.25) is 0 Å². The SMILES string of the molecule is CCOc1ccc(S(=O)(=O)N2CCC(C(=O)N3CCN(c4ncccc4C#N)CC3)CC2)cc1. The molecule has 0 bridgehead atoms. The zero-order valence-electron chi connectivity index (χ0n) is 19.3. The molecule has 0 spiro atoms. The normalized spacial score (nSPS) is 17.9. The number of amides is 1. The highest BCUT2D eigenvalue weighted by Crippen LogP contribution is 2.27. The second-order valence-corrected chi connectivity index (χ2v) is 10.3. The molecular weight excluding hydrogens is 454 g/mol. The van der Waals surface area contributed by atoms with Gasteiger partial charge in [0.25, 0.3) is 0 Å². The first-order valence-electron chi connectivity index (χ1n) is 11.6. The molecule has 0 atom stereocenters. The molecule has 0 N–H and O–H groups in total. The summed E-state index contributed by atoms with van der Waals surface area (Å²) in [5.74, 6) is 1.20. The standard InChI is InChI=1S/C24H29N5O4S/c1-2-33-21-5-7-22(8-6-21)34(31,32)29-12-9-19(10-13-29)24(30)28-16-14-27(15-17-28)23-20(18-25)4-3-11-26-23/h3-8,11,19H,2,9-10,12-17H2,1H3. The number of ether oxygens (including phenoxy) is 1. The van der Waals surface area contributed by atoms with E-state index in [1.165, 1.54) is 4.31 Å². The minimum atomic E-state index is -3.60. The molecule has 1 amide bonds. The lowest BCUT2D eigenvalue weighted by atomic mass is 9.96. The topological polar surface area (TPSA) is 107 Å². The third kappa shape index (κ3) is 5.00. The van der Waals surface area contributed by atoms with Gasteiger partial charge in [-0.1, -0.05) is 0 Å². The van der Waals surface area contributed by atoms with Crippen LogP contribution in [0.5, 0.6) is 5.75 Å². The number of benzene rings is 1. The summed E-state index contributed by atoms with van der Waals surface area (Å²) in [4.78, 5) is 21.6. The van der Waals surface area contributed by atoms with Crippen LogP contribution in [0.25, 0.3) is 0 Å². The molecule has 3 heterocycles. The zero-order chi connectivity index (χ0) is 24.1. The highest BCUT2D eigenvalue weighted by atomic mass is 32.2. The van der Waals surface area contributed by atoms with E-state index in [1.54, 1.807) is 42.6 Å². The smallest absolute Gasteiger partial charge is 0.243 e. The van der Waals surface area contributed by atoms with E-state index in [1.807, 2.05) is 16.7 Å². The van der Waals surface area contributed by atoms with E-state index in [9.17, 15) is 18.5 Å². The number of carbonyl (C=O) groups excluding carboxylic acids is 1. The van der Waals surface area contributed by atoms with Gasteiger partial charge in [0.15, 0.2) is 0 Å². The number of sulfonamides is 1. The number of nitriles is 1. The van der Waals surface area contributed by atoms with E-state index in [2.05, 4.69) is 11.1 Å². The van der Waals surface area contributed by atoms with E-state index in [0.717, 1.165) is 0 Å². The molecule has 2 aliphatic heterocycles. The van der Waals surface area contributed by atoms with Crippen molar-refractivity contribution in [1.29, 1.82) is 5.26 Å². The predicted molar refractivity (Wildman–Crippen MR) is 127 cm³/mol. The molecular formula is C24H29N5O4S. The molecule has 2 saturated heterocycles. The van der Waals surface area contributed by atoms with Crippen molar-refractivity contribution in [3.63, 3.8) is 0 Å². The molecule has 0 saturated carbocycles. The van der Waals surface area contributed by atoms with Crippen LogP contribution >= 0.6 is 0 Å². The largest absolute Gasteiger partial charge is 0.494 e. The number of nitrogens with zero attached hydrogens (tertiary/aromatic N) is 5. The van der Waals surface area contributed by atoms with Crippen LogP contribution in [0.15, 0.2) is 47.5 Å². The minimum absolute atomic E-state index is 0.0827. The van der Waals surface area contributed by atoms with E-state index < -0.39 is 10.0 Å². The van der Waals surface area contributed by atoms with Gasteiger partial charge in [-0.15, -0.1) is 0 Å².